The van der Waals surface area contributed by atoms with Gasteiger partial charge in [-0.3, -0.25) is 9.69 Å². The van der Waals surface area contributed by atoms with Crippen LogP contribution in [0.2, 0.25) is 0 Å². The first kappa shape index (κ1) is 20.7. The fourth-order valence-electron chi connectivity index (χ4n) is 5.45. The third-order valence-electron chi connectivity index (χ3n) is 7.38. The topological polar surface area (TPSA) is 30.0 Å². The summed E-state index contributed by atoms with van der Waals surface area (Å²) in [4.78, 5) is 23.0. The Bertz CT molecular complexity index is 677. The summed E-state index contributed by atoms with van der Waals surface area (Å²) in [6.45, 7) is 14.0. The van der Waals surface area contributed by atoms with E-state index in [2.05, 4.69) is 57.7 Å². The number of piperidine rings is 2. The van der Waals surface area contributed by atoms with Gasteiger partial charge in [-0.2, -0.15) is 0 Å². The second kappa shape index (κ2) is 9.48. The molecule has 160 valence electrons. The summed E-state index contributed by atoms with van der Waals surface area (Å²) in [5, 5.41) is 0. The molecule has 1 aromatic rings. The molecule has 1 amide bonds. The maximum Gasteiger partial charge on any atom is 0.225 e. The molecule has 5 nitrogen and oxygen atoms in total. The Morgan fingerprint density at radius 3 is 2.38 bits per heavy atom. The van der Waals surface area contributed by atoms with Gasteiger partial charge < -0.3 is 14.7 Å². The number of para-hydroxylation sites is 1. The Kier molecular flexibility index (Phi) is 6.76. The number of nitrogens with zero attached hydrogens (tertiary/aromatic N) is 4. The summed E-state index contributed by atoms with van der Waals surface area (Å²) in [6, 6.07) is 9.26. The second-order valence-electron chi connectivity index (χ2n) is 9.10. The van der Waals surface area contributed by atoms with Gasteiger partial charge in [0.25, 0.3) is 0 Å². The van der Waals surface area contributed by atoms with E-state index < -0.39 is 0 Å². The molecule has 3 aliphatic heterocycles. The number of carbonyl (C=O) groups is 1. The minimum absolute atomic E-state index is 0.259. The van der Waals surface area contributed by atoms with E-state index in [9.17, 15) is 4.79 Å². The molecular weight excluding hydrogens is 360 g/mol. The van der Waals surface area contributed by atoms with E-state index in [0.29, 0.717) is 11.9 Å². The third kappa shape index (κ3) is 4.77. The number of anilines is 1. The zero-order valence-corrected chi connectivity index (χ0v) is 18.4. The van der Waals surface area contributed by atoms with Crippen molar-refractivity contribution in [3.8, 4) is 0 Å². The Morgan fingerprint density at radius 2 is 1.69 bits per heavy atom. The standard InChI is InChI=1S/C24H38N4O/c1-3-25-13-10-21(11-14-25)24(29)28-12-6-8-22(19-28)26-15-17-27(18-16-26)23-9-5-4-7-20(23)2/h4-5,7,9,21-22H,3,6,8,10-19H2,1-2H3/t22-/m0/s1. The van der Waals surface area contributed by atoms with E-state index in [4.69, 9.17) is 0 Å². The van der Waals surface area contributed by atoms with E-state index in [1.54, 1.807) is 0 Å². The number of hydrogen-bond donors (Lipinski definition) is 0. The number of amides is 1. The fourth-order valence-corrected chi connectivity index (χ4v) is 5.45. The number of benzene rings is 1. The summed E-state index contributed by atoms with van der Waals surface area (Å²) in [6.07, 6.45) is 4.48. The Labute approximate surface area is 176 Å². The number of carbonyl (C=O) groups excluding carboxylic acids is 1. The highest BCUT2D eigenvalue weighted by Gasteiger charge is 2.33. The molecule has 0 unspecified atom stereocenters. The Hall–Kier alpha value is -1.59. The van der Waals surface area contributed by atoms with E-state index >= 15 is 0 Å². The van der Waals surface area contributed by atoms with Crippen LogP contribution in [-0.4, -0.2) is 85.6 Å². The summed E-state index contributed by atoms with van der Waals surface area (Å²) in [7, 11) is 0. The lowest BCUT2D eigenvalue weighted by Crippen LogP contribution is -2.56. The molecule has 0 spiro atoms. The quantitative estimate of drug-likeness (QED) is 0.780. The van der Waals surface area contributed by atoms with Gasteiger partial charge >= 0.3 is 0 Å². The van der Waals surface area contributed by atoms with Gasteiger partial charge in [-0.15, -0.1) is 0 Å². The second-order valence-corrected chi connectivity index (χ2v) is 9.10. The zero-order valence-electron chi connectivity index (χ0n) is 18.4. The summed E-state index contributed by atoms with van der Waals surface area (Å²) in [5.74, 6) is 0.693. The van der Waals surface area contributed by atoms with Crippen LogP contribution in [0.5, 0.6) is 0 Å². The fraction of sp³-hybridized carbons (Fsp3) is 0.708. The van der Waals surface area contributed by atoms with Crippen molar-refractivity contribution in [2.75, 3.05) is 63.8 Å². The van der Waals surface area contributed by atoms with Crippen LogP contribution in [0.1, 0.15) is 38.2 Å². The number of piperazine rings is 1. The van der Waals surface area contributed by atoms with Gasteiger partial charge in [0.05, 0.1) is 0 Å². The van der Waals surface area contributed by atoms with Gasteiger partial charge in [-0.05, 0) is 63.9 Å². The molecule has 0 saturated carbocycles. The summed E-state index contributed by atoms with van der Waals surface area (Å²) < 4.78 is 0. The molecule has 0 aliphatic carbocycles. The number of rotatable bonds is 4. The van der Waals surface area contributed by atoms with Gasteiger partial charge in [0.2, 0.25) is 5.91 Å². The maximum absolute atomic E-state index is 13.1. The van der Waals surface area contributed by atoms with Crippen molar-refractivity contribution in [1.29, 1.82) is 0 Å². The van der Waals surface area contributed by atoms with Crippen LogP contribution in [-0.2, 0) is 4.79 Å². The lowest BCUT2D eigenvalue weighted by Gasteiger charge is -2.45. The van der Waals surface area contributed by atoms with Crippen LogP contribution in [0, 0.1) is 12.8 Å². The van der Waals surface area contributed by atoms with Crippen molar-refractivity contribution in [2.24, 2.45) is 5.92 Å². The van der Waals surface area contributed by atoms with Crippen molar-refractivity contribution < 1.29 is 4.79 Å². The van der Waals surface area contributed by atoms with Gasteiger partial charge in [0.15, 0.2) is 0 Å². The van der Waals surface area contributed by atoms with Crippen LogP contribution >= 0.6 is 0 Å². The highest BCUT2D eigenvalue weighted by atomic mass is 16.2. The van der Waals surface area contributed by atoms with Crippen molar-refractivity contribution in [2.45, 2.75) is 45.6 Å². The molecule has 0 aromatic heterocycles. The SMILES string of the molecule is CCN1CCC(C(=O)N2CCC[C@H](N3CCN(c4ccccc4C)CC3)C2)CC1. The lowest BCUT2D eigenvalue weighted by molar-refractivity contribution is -0.139. The number of hydrogen-bond acceptors (Lipinski definition) is 4. The largest absolute Gasteiger partial charge is 0.369 e. The van der Waals surface area contributed by atoms with Crippen molar-refractivity contribution >= 4 is 11.6 Å². The van der Waals surface area contributed by atoms with E-state index in [-0.39, 0.29) is 5.92 Å². The molecular formula is C24H38N4O. The highest BCUT2D eigenvalue weighted by molar-refractivity contribution is 5.79. The summed E-state index contributed by atoms with van der Waals surface area (Å²) >= 11 is 0. The molecule has 3 saturated heterocycles. The van der Waals surface area contributed by atoms with E-state index in [1.165, 1.54) is 17.7 Å². The zero-order chi connectivity index (χ0) is 20.2. The average Bonchev–Trinajstić information content (AvgIpc) is 2.79. The maximum atomic E-state index is 13.1. The van der Waals surface area contributed by atoms with E-state index in [0.717, 1.165) is 78.2 Å². The Balaban J connectivity index is 1.29. The van der Waals surface area contributed by atoms with Crippen molar-refractivity contribution in [3.63, 3.8) is 0 Å². The first-order valence-corrected chi connectivity index (χ1v) is 11.7. The molecule has 1 aromatic carbocycles. The normalized spacial score (nSPS) is 25.4. The van der Waals surface area contributed by atoms with Gasteiger partial charge in [-0.1, -0.05) is 25.1 Å². The molecule has 5 heteroatoms. The molecule has 1 atom stereocenters. The van der Waals surface area contributed by atoms with Crippen LogP contribution in [0.3, 0.4) is 0 Å². The van der Waals surface area contributed by atoms with Crippen LogP contribution in [0.4, 0.5) is 5.69 Å². The van der Waals surface area contributed by atoms with Gasteiger partial charge in [0, 0.05) is 56.9 Å². The minimum atomic E-state index is 0.259. The molecule has 0 N–H and O–H groups in total. The number of aryl methyl sites for hydroxylation is 1. The van der Waals surface area contributed by atoms with Crippen LogP contribution < -0.4 is 4.90 Å². The minimum Gasteiger partial charge on any atom is -0.369 e. The Morgan fingerprint density at radius 1 is 0.966 bits per heavy atom. The predicted octanol–water partition coefficient (Wildman–Crippen LogP) is 2.84. The average molecular weight is 399 g/mol. The van der Waals surface area contributed by atoms with Gasteiger partial charge in [-0.25, -0.2) is 0 Å². The molecule has 29 heavy (non-hydrogen) atoms. The highest BCUT2D eigenvalue weighted by Crippen LogP contribution is 2.25. The molecule has 0 bridgehead atoms. The molecule has 3 fully saturated rings. The lowest BCUT2D eigenvalue weighted by atomic mass is 9.93. The predicted molar refractivity (Wildman–Crippen MR) is 119 cm³/mol. The monoisotopic (exact) mass is 398 g/mol. The van der Waals surface area contributed by atoms with Crippen molar-refractivity contribution in [3.05, 3.63) is 29.8 Å². The molecule has 3 heterocycles. The third-order valence-corrected chi connectivity index (χ3v) is 7.38. The molecule has 0 radical (unpaired) electrons. The smallest absolute Gasteiger partial charge is 0.225 e. The first-order chi connectivity index (χ1) is 14.2. The molecule has 3 aliphatic rings. The van der Waals surface area contributed by atoms with E-state index in [1.807, 2.05) is 0 Å². The van der Waals surface area contributed by atoms with Crippen molar-refractivity contribution in [1.82, 2.24) is 14.7 Å². The van der Waals surface area contributed by atoms with Gasteiger partial charge in [0.1, 0.15) is 0 Å². The van der Waals surface area contributed by atoms with Crippen LogP contribution in [0.15, 0.2) is 24.3 Å². The first-order valence-electron chi connectivity index (χ1n) is 11.7. The van der Waals surface area contributed by atoms with Crippen LogP contribution in [0.25, 0.3) is 0 Å². The summed E-state index contributed by atoms with van der Waals surface area (Å²) in [5.41, 5.74) is 2.75. The molecule has 4 rings (SSSR count). The number of likely N-dealkylation sites (tertiary alicyclic amines) is 2.